The molecule has 0 amide bonds. The predicted molar refractivity (Wildman–Crippen MR) is 118 cm³/mol. The van der Waals surface area contributed by atoms with Crippen LogP contribution in [0.5, 0.6) is 5.88 Å². The van der Waals surface area contributed by atoms with E-state index in [9.17, 15) is 9.90 Å². The van der Waals surface area contributed by atoms with Gasteiger partial charge in [-0.2, -0.15) is 0 Å². The van der Waals surface area contributed by atoms with Crippen LogP contribution in [-0.2, 0) is 4.79 Å². The zero-order valence-corrected chi connectivity index (χ0v) is 16.0. The van der Waals surface area contributed by atoms with Gasteiger partial charge in [0.25, 0.3) is 0 Å². The van der Waals surface area contributed by atoms with Crippen LogP contribution in [0.2, 0.25) is 0 Å². The molecule has 30 heavy (non-hydrogen) atoms. The highest BCUT2D eigenvalue weighted by Crippen LogP contribution is 2.53. The predicted octanol–water partition coefficient (Wildman–Crippen LogP) is 5.55. The Morgan fingerprint density at radius 1 is 0.833 bits per heavy atom. The van der Waals surface area contributed by atoms with E-state index in [0.29, 0.717) is 12.2 Å². The topological polar surface area (TPSA) is 62.9 Å². The highest BCUT2D eigenvalue weighted by atomic mass is 16.3. The van der Waals surface area contributed by atoms with Crippen LogP contribution < -0.4 is 0 Å². The van der Waals surface area contributed by atoms with Crippen LogP contribution in [0, 0.1) is 0 Å². The number of carbonyl (C=O) groups excluding carboxylic acids is 1. The van der Waals surface area contributed by atoms with Crippen LogP contribution in [0.25, 0.3) is 54.4 Å². The normalized spacial score (nSPS) is 20.6. The van der Waals surface area contributed by atoms with Gasteiger partial charge in [-0.25, -0.2) is 0 Å². The lowest BCUT2D eigenvalue weighted by molar-refractivity contribution is -0.120. The lowest BCUT2D eigenvalue weighted by Crippen LogP contribution is -2.13. The van der Waals surface area contributed by atoms with Crippen molar-refractivity contribution in [2.24, 2.45) is 0 Å². The lowest BCUT2D eigenvalue weighted by atomic mass is 10.0. The SMILES string of the molecule is O=C1C[C@H]2C[C@@H]1n1c3ccccc3c3c4c[nH]c(O)c4c4c5ccccc5n2c4c31. The lowest BCUT2D eigenvalue weighted by Gasteiger charge is -2.15. The van der Waals surface area contributed by atoms with Gasteiger partial charge >= 0.3 is 0 Å². The van der Waals surface area contributed by atoms with Crippen LogP contribution in [0.3, 0.4) is 0 Å². The molecule has 0 spiro atoms. The number of aromatic nitrogens is 3. The Kier molecular flexibility index (Phi) is 2.37. The van der Waals surface area contributed by atoms with E-state index >= 15 is 0 Å². The van der Waals surface area contributed by atoms with Gasteiger partial charge in [-0.15, -0.1) is 0 Å². The van der Waals surface area contributed by atoms with Crippen LogP contribution in [0.1, 0.15) is 24.9 Å². The molecule has 8 rings (SSSR count). The largest absolute Gasteiger partial charge is 0.494 e. The monoisotopic (exact) mass is 391 g/mol. The van der Waals surface area contributed by atoms with E-state index in [4.69, 9.17) is 0 Å². The molecule has 4 heterocycles. The van der Waals surface area contributed by atoms with Crippen LogP contribution in [-0.4, -0.2) is 25.0 Å². The molecule has 2 aliphatic rings. The van der Waals surface area contributed by atoms with Gasteiger partial charge in [-0.3, -0.25) is 4.79 Å². The van der Waals surface area contributed by atoms with Crippen molar-refractivity contribution < 1.29 is 9.90 Å². The first-order valence-corrected chi connectivity index (χ1v) is 10.4. The summed E-state index contributed by atoms with van der Waals surface area (Å²) in [6, 6.07) is 16.8. The summed E-state index contributed by atoms with van der Waals surface area (Å²) in [5, 5.41) is 17.2. The summed E-state index contributed by atoms with van der Waals surface area (Å²) in [5.41, 5.74) is 4.50. The van der Waals surface area contributed by atoms with Gasteiger partial charge in [0, 0.05) is 56.6 Å². The molecule has 144 valence electrons. The number of H-pyrrole nitrogens is 1. The number of aromatic amines is 1. The summed E-state index contributed by atoms with van der Waals surface area (Å²) in [6.45, 7) is 0. The van der Waals surface area contributed by atoms with Crippen molar-refractivity contribution in [3.05, 3.63) is 54.7 Å². The summed E-state index contributed by atoms with van der Waals surface area (Å²) in [4.78, 5) is 16.2. The maximum absolute atomic E-state index is 13.2. The minimum absolute atomic E-state index is 0.135. The third kappa shape index (κ3) is 1.45. The summed E-state index contributed by atoms with van der Waals surface area (Å²) in [7, 11) is 0. The Bertz CT molecular complexity index is 1750. The number of ketones is 1. The Balaban J connectivity index is 1.85. The fraction of sp³-hybridized carbons (Fsp3) is 0.160. The number of nitrogens with one attached hydrogen (secondary N) is 1. The third-order valence-electron chi connectivity index (χ3n) is 7.40. The highest BCUT2D eigenvalue weighted by molar-refractivity contribution is 6.37. The molecule has 2 N–H and O–H groups in total. The molecule has 1 saturated carbocycles. The molecule has 3 aromatic carbocycles. The second-order valence-electron chi connectivity index (χ2n) is 8.72. The number of nitrogens with zero attached hydrogens (tertiary/aromatic N) is 2. The van der Waals surface area contributed by atoms with E-state index in [1.54, 1.807) is 0 Å². The van der Waals surface area contributed by atoms with E-state index in [0.717, 1.165) is 60.8 Å². The first-order valence-electron chi connectivity index (χ1n) is 10.4. The molecule has 0 saturated heterocycles. The molecule has 1 aliphatic heterocycles. The Morgan fingerprint density at radius 3 is 2.30 bits per heavy atom. The number of hydrogen-bond acceptors (Lipinski definition) is 2. The van der Waals surface area contributed by atoms with Crippen LogP contribution in [0.4, 0.5) is 0 Å². The van der Waals surface area contributed by atoms with Crippen molar-refractivity contribution in [1.29, 1.82) is 0 Å². The molecule has 5 heteroatoms. The van der Waals surface area contributed by atoms with Gasteiger partial charge in [0.15, 0.2) is 11.7 Å². The van der Waals surface area contributed by atoms with Crippen molar-refractivity contribution >= 4 is 60.2 Å². The summed E-state index contributed by atoms with van der Waals surface area (Å²) in [5.74, 6) is 0.522. The molecule has 2 atom stereocenters. The number of carbonyl (C=O) groups is 1. The Hall–Kier alpha value is -3.73. The number of benzene rings is 3. The van der Waals surface area contributed by atoms with E-state index in [1.165, 1.54) is 0 Å². The van der Waals surface area contributed by atoms with Gasteiger partial charge in [0.1, 0.15) is 0 Å². The molecule has 0 radical (unpaired) electrons. The number of hydrogen-bond donors (Lipinski definition) is 2. The molecular weight excluding hydrogens is 374 g/mol. The average molecular weight is 391 g/mol. The number of rotatable bonds is 0. The summed E-state index contributed by atoms with van der Waals surface area (Å²) in [6.07, 6.45) is 3.29. The van der Waals surface area contributed by atoms with Crippen molar-refractivity contribution in [2.75, 3.05) is 0 Å². The zero-order valence-electron chi connectivity index (χ0n) is 16.0. The maximum atomic E-state index is 13.2. The molecular formula is C25H17N3O2. The van der Waals surface area contributed by atoms with Crippen molar-refractivity contribution in [3.8, 4) is 5.88 Å². The molecule has 5 nitrogen and oxygen atoms in total. The quantitative estimate of drug-likeness (QED) is 0.357. The minimum atomic E-state index is -0.135. The van der Waals surface area contributed by atoms with Crippen molar-refractivity contribution in [2.45, 2.75) is 24.9 Å². The number of Topliss-reactive ketones (excluding diaryl/α,β-unsaturated/α-hetero) is 1. The van der Waals surface area contributed by atoms with E-state index in [-0.39, 0.29) is 18.0 Å². The van der Waals surface area contributed by atoms with Crippen molar-refractivity contribution in [1.82, 2.24) is 14.1 Å². The highest BCUT2D eigenvalue weighted by Gasteiger charge is 2.41. The molecule has 1 aliphatic carbocycles. The van der Waals surface area contributed by atoms with Crippen LogP contribution >= 0.6 is 0 Å². The maximum Gasteiger partial charge on any atom is 0.197 e. The second kappa shape index (κ2) is 4.70. The van der Waals surface area contributed by atoms with Gasteiger partial charge in [0.2, 0.25) is 0 Å². The minimum Gasteiger partial charge on any atom is -0.494 e. The fourth-order valence-electron chi connectivity index (χ4n) is 6.37. The average Bonchev–Trinajstić information content (AvgIpc) is 3.46. The number of fused-ring (bicyclic) bond motifs is 13. The first kappa shape index (κ1) is 15.2. The molecule has 1 fully saturated rings. The van der Waals surface area contributed by atoms with Gasteiger partial charge in [0.05, 0.1) is 22.5 Å². The third-order valence-corrected chi connectivity index (χ3v) is 7.40. The van der Waals surface area contributed by atoms with E-state index < -0.39 is 0 Å². The molecule has 0 unspecified atom stereocenters. The second-order valence-corrected chi connectivity index (χ2v) is 8.72. The molecule has 3 aromatic heterocycles. The molecule has 2 bridgehead atoms. The zero-order chi connectivity index (χ0) is 19.7. The van der Waals surface area contributed by atoms with Gasteiger partial charge in [-0.1, -0.05) is 36.4 Å². The fourth-order valence-corrected chi connectivity index (χ4v) is 6.37. The van der Waals surface area contributed by atoms with Crippen molar-refractivity contribution in [3.63, 3.8) is 0 Å². The van der Waals surface area contributed by atoms with Gasteiger partial charge in [-0.05, 0) is 18.6 Å². The standard InChI is InChI=1S/C25H17N3O2/c29-19-10-12-9-18(19)28-17-8-4-1-5-13(17)20-15-11-26-25(30)22(15)21-14-6-2-3-7-16(14)27(12)24(21)23(20)28/h1-8,11-12,18,26,30H,9-10H2/t12-,18+/m1/s1. The number of para-hydroxylation sites is 2. The number of aromatic hydroxyl groups is 1. The molecule has 6 aromatic rings. The summed E-state index contributed by atoms with van der Waals surface area (Å²) < 4.78 is 4.68. The Morgan fingerprint density at radius 2 is 1.50 bits per heavy atom. The van der Waals surface area contributed by atoms with E-state index in [1.807, 2.05) is 12.3 Å². The van der Waals surface area contributed by atoms with E-state index in [2.05, 4.69) is 56.6 Å². The van der Waals surface area contributed by atoms with Crippen LogP contribution in [0.15, 0.2) is 54.7 Å². The first-order chi connectivity index (χ1) is 14.7. The Labute approximate surface area is 170 Å². The summed E-state index contributed by atoms with van der Waals surface area (Å²) >= 11 is 0. The van der Waals surface area contributed by atoms with Gasteiger partial charge < -0.3 is 19.2 Å². The smallest absolute Gasteiger partial charge is 0.197 e.